The monoisotopic (exact) mass is 401 g/mol. The van der Waals surface area contributed by atoms with Gasteiger partial charge < -0.3 is 20.7 Å². The maximum Gasteiger partial charge on any atom is 0.257 e. The first-order chi connectivity index (χ1) is 13.5. The van der Waals surface area contributed by atoms with Crippen molar-refractivity contribution in [1.29, 1.82) is 0 Å². The van der Waals surface area contributed by atoms with E-state index in [9.17, 15) is 9.18 Å². The van der Waals surface area contributed by atoms with Crippen LogP contribution in [0.3, 0.4) is 0 Å². The highest BCUT2D eigenvalue weighted by atomic mass is 35.5. The van der Waals surface area contributed by atoms with Gasteiger partial charge in [-0.05, 0) is 42.5 Å². The predicted octanol–water partition coefficient (Wildman–Crippen LogP) is 3.88. The number of hydrogen-bond donors (Lipinski definition) is 3. The maximum atomic E-state index is 13.2. The number of likely N-dealkylation sites (N-methyl/N-ethyl adjacent to an activating group) is 1. The van der Waals surface area contributed by atoms with Crippen LogP contribution in [-0.2, 0) is 4.79 Å². The second-order valence-electron chi connectivity index (χ2n) is 5.65. The normalized spacial score (nSPS) is 10.2. The molecule has 9 heteroatoms. The van der Waals surface area contributed by atoms with Gasteiger partial charge in [0.05, 0.1) is 10.7 Å². The highest BCUT2D eigenvalue weighted by molar-refractivity contribution is 6.33. The second kappa shape index (κ2) is 9.01. The number of anilines is 4. The number of hydrogen-bond acceptors (Lipinski definition) is 6. The highest BCUT2D eigenvalue weighted by Gasteiger charge is 2.05. The summed E-state index contributed by atoms with van der Waals surface area (Å²) in [6, 6.07) is 12.8. The van der Waals surface area contributed by atoms with E-state index in [0.29, 0.717) is 23.1 Å². The fourth-order valence-electron chi connectivity index (χ4n) is 2.23. The van der Waals surface area contributed by atoms with Gasteiger partial charge in [-0.2, -0.15) is 0 Å². The largest absolute Gasteiger partial charge is 0.484 e. The molecule has 28 heavy (non-hydrogen) atoms. The molecule has 0 aliphatic rings. The number of nitrogens with one attached hydrogen (secondary N) is 3. The molecule has 7 nitrogen and oxygen atoms in total. The van der Waals surface area contributed by atoms with Gasteiger partial charge >= 0.3 is 0 Å². The average Bonchev–Trinajstić information content (AvgIpc) is 2.69. The van der Waals surface area contributed by atoms with Crippen LogP contribution >= 0.6 is 11.6 Å². The van der Waals surface area contributed by atoms with Gasteiger partial charge in [-0.3, -0.25) is 4.79 Å². The summed E-state index contributed by atoms with van der Waals surface area (Å²) in [5.41, 5.74) is 1.31. The standard InChI is InChI=1S/C19H17ClFN5O2/c1-22-19(27)10-28-14-5-3-13(4-6-14)25-17-9-18(24-11-23-17)26-16-7-2-12(21)8-15(16)20/h2-9,11H,10H2,1H3,(H,22,27)(H2,23,24,25,26). The topological polar surface area (TPSA) is 88.2 Å². The van der Waals surface area contributed by atoms with Crippen molar-refractivity contribution in [3.8, 4) is 5.75 Å². The molecular weight excluding hydrogens is 385 g/mol. The lowest BCUT2D eigenvalue weighted by atomic mass is 10.3. The van der Waals surface area contributed by atoms with Gasteiger partial charge in [-0.1, -0.05) is 11.6 Å². The Hall–Kier alpha value is -3.39. The summed E-state index contributed by atoms with van der Waals surface area (Å²) in [6.45, 7) is -0.0455. The summed E-state index contributed by atoms with van der Waals surface area (Å²) >= 11 is 6.02. The van der Waals surface area contributed by atoms with Crippen LogP contribution in [0.5, 0.6) is 5.75 Å². The number of benzene rings is 2. The summed E-state index contributed by atoms with van der Waals surface area (Å²) in [5.74, 6) is 1.00. The van der Waals surface area contributed by atoms with Crippen LogP contribution in [0.25, 0.3) is 0 Å². The molecule has 1 aromatic heterocycles. The van der Waals surface area contributed by atoms with E-state index >= 15 is 0 Å². The number of carbonyl (C=O) groups excluding carboxylic acids is 1. The minimum Gasteiger partial charge on any atom is -0.484 e. The molecule has 0 aliphatic heterocycles. The van der Waals surface area contributed by atoms with Gasteiger partial charge in [0, 0.05) is 18.8 Å². The van der Waals surface area contributed by atoms with E-state index in [1.807, 2.05) is 0 Å². The zero-order valence-corrected chi connectivity index (χ0v) is 15.6. The maximum absolute atomic E-state index is 13.2. The van der Waals surface area contributed by atoms with Crippen molar-refractivity contribution < 1.29 is 13.9 Å². The molecule has 0 atom stereocenters. The first-order valence-corrected chi connectivity index (χ1v) is 8.66. The van der Waals surface area contributed by atoms with Gasteiger partial charge in [-0.25, -0.2) is 14.4 Å². The fraction of sp³-hybridized carbons (Fsp3) is 0.105. The van der Waals surface area contributed by atoms with Crippen LogP contribution in [0.1, 0.15) is 0 Å². The minimum atomic E-state index is -0.414. The number of rotatable bonds is 7. The lowest BCUT2D eigenvalue weighted by Crippen LogP contribution is -2.24. The molecule has 3 aromatic rings. The van der Waals surface area contributed by atoms with E-state index in [-0.39, 0.29) is 17.5 Å². The fourth-order valence-corrected chi connectivity index (χ4v) is 2.44. The minimum absolute atomic E-state index is 0.0455. The Morgan fingerprint density at radius 3 is 2.46 bits per heavy atom. The second-order valence-corrected chi connectivity index (χ2v) is 6.06. The Morgan fingerprint density at radius 2 is 1.79 bits per heavy atom. The lowest BCUT2D eigenvalue weighted by Gasteiger charge is -2.10. The Balaban J connectivity index is 1.65. The van der Waals surface area contributed by atoms with Crippen molar-refractivity contribution in [2.75, 3.05) is 24.3 Å². The summed E-state index contributed by atoms with van der Waals surface area (Å²) < 4.78 is 18.5. The molecule has 1 heterocycles. The van der Waals surface area contributed by atoms with Gasteiger partial charge in [0.2, 0.25) is 0 Å². The third-order valence-corrected chi connectivity index (χ3v) is 3.95. The summed E-state index contributed by atoms with van der Waals surface area (Å²) in [7, 11) is 1.55. The molecule has 0 saturated carbocycles. The van der Waals surface area contributed by atoms with Crippen LogP contribution < -0.4 is 20.7 Å². The Kier molecular flexibility index (Phi) is 6.23. The average molecular weight is 402 g/mol. The van der Waals surface area contributed by atoms with Crippen molar-refractivity contribution in [3.63, 3.8) is 0 Å². The van der Waals surface area contributed by atoms with Gasteiger partial charge in [0.25, 0.3) is 5.91 Å². The highest BCUT2D eigenvalue weighted by Crippen LogP contribution is 2.26. The van der Waals surface area contributed by atoms with Crippen molar-refractivity contribution in [3.05, 3.63) is 65.7 Å². The quantitative estimate of drug-likeness (QED) is 0.556. The molecule has 0 spiro atoms. The molecule has 3 rings (SSSR count). The van der Waals surface area contributed by atoms with E-state index in [4.69, 9.17) is 16.3 Å². The predicted molar refractivity (Wildman–Crippen MR) is 106 cm³/mol. The lowest BCUT2D eigenvalue weighted by molar-refractivity contribution is -0.122. The van der Waals surface area contributed by atoms with E-state index < -0.39 is 5.82 Å². The number of ether oxygens (including phenoxy) is 1. The molecule has 144 valence electrons. The Labute approximate surface area is 165 Å². The molecule has 3 N–H and O–H groups in total. The van der Waals surface area contributed by atoms with Crippen LogP contribution in [0, 0.1) is 5.82 Å². The van der Waals surface area contributed by atoms with Crippen molar-refractivity contribution in [1.82, 2.24) is 15.3 Å². The molecule has 0 fully saturated rings. The number of aromatic nitrogens is 2. The SMILES string of the molecule is CNC(=O)COc1ccc(Nc2cc(Nc3ccc(F)cc3Cl)ncn2)cc1. The van der Waals surface area contributed by atoms with Crippen molar-refractivity contribution >= 4 is 40.5 Å². The molecule has 2 aromatic carbocycles. The first kappa shape index (κ1) is 19.4. The third kappa shape index (κ3) is 5.31. The zero-order valence-electron chi connectivity index (χ0n) is 14.9. The Bertz CT molecular complexity index is 969. The summed E-state index contributed by atoms with van der Waals surface area (Å²) in [6.07, 6.45) is 1.39. The number of carbonyl (C=O) groups is 1. The van der Waals surface area contributed by atoms with Crippen molar-refractivity contribution in [2.24, 2.45) is 0 Å². The molecular formula is C19H17ClFN5O2. The number of halogens is 2. The van der Waals surface area contributed by atoms with Gasteiger partial charge in [-0.15, -0.1) is 0 Å². The number of amides is 1. The third-order valence-electron chi connectivity index (χ3n) is 3.64. The molecule has 0 unspecified atom stereocenters. The van der Waals surface area contributed by atoms with Crippen molar-refractivity contribution in [2.45, 2.75) is 0 Å². The van der Waals surface area contributed by atoms with Crippen LogP contribution in [-0.4, -0.2) is 29.5 Å². The van der Waals surface area contributed by atoms with E-state index in [2.05, 4.69) is 25.9 Å². The van der Waals surface area contributed by atoms with Gasteiger partial charge in [0.15, 0.2) is 6.61 Å². The van der Waals surface area contributed by atoms with Crippen LogP contribution in [0.2, 0.25) is 5.02 Å². The van der Waals surface area contributed by atoms with Crippen LogP contribution in [0.15, 0.2) is 54.9 Å². The molecule has 0 bridgehead atoms. The molecule has 0 saturated heterocycles. The molecule has 0 radical (unpaired) electrons. The zero-order chi connectivity index (χ0) is 19.9. The van der Waals surface area contributed by atoms with E-state index in [0.717, 1.165) is 5.69 Å². The Morgan fingerprint density at radius 1 is 1.07 bits per heavy atom. The summed E-state index contributed by atoms with van der Waals surface area (Å²) in [5, 5.41) is 8.89. The van der Waals surface area contributed by atoms with Gasteiger partial charge in [0.1, 0.15) is 29.5 Å². The summed E-state index contributed by atoms with van der Waals surface area (Å²) in [4.78, 5) is 19.5. The van der Waals surface area contributed by atoms with E-state index in [1.165, 1.54) is 24.5 Å². The molecule has 1 amide bonds. The smallest absolute Gasteiger partial charge is 0.257 e. The molecule has 0 aliphatic carbocycles. The van der Waals surface area contributed by atoms with Crippen LogP contribution in [0.4, 0.5) is 27.4 Å². The van der Waals surface area contributed by atoms with E-state index in [1.54, 1.807) is 37.4 Å². The number of nitrogens with zero attached hydrogens (tertiary/aromatic N) is 2. The first-order valence-electron chi connectivity index (χ1n) is 8.28.